The highest BCUT2D eigenvalue weighted by Crippen LogP contribution is 2.39. The Balaban J connectivity index is 1.61. The van der Waals surface area contributed by atoms with Crippen LogP contribution in [0.15, 0.2) is 66.4 Å². The number of aromatic nitrogens is 2. The molecule has 0 radical (unpaired) electrons. The molecule has 3 aromatic heterocycles. The van der Waals surface area contributed by atoms with E-state index in [1.807, 2.05) is 23.6 Å². The molecular formula is C27H20N4O3S. The topological polar surface area (TPSA) is 96.1 Å². The first kappa shape index (κ1) is 22.2. The van der Waals surface area contributed by atoms with Crippen molar-refractivity contribution in [1.29, 1.82) is 0 Å². The van der Waals surface area contributed by atoms with Crippen LogP contribution in [0.5, 0.6) is 5.75 Å². The largest absolute Gasteiger partial charge is 0.495 e. The van der Waals surface area contributed by atoms with E-state index < -0.39 is 0 Å². The summed E-state index contributed by atoms with van der Waals surface area (Å²) in [4.78, 5) is 33.9. The zero-order valence-electron chi connectivity index (χ0n) is 18.7. The summed E-state index contributed by atoms with van der Waals surface area (Å²) >= 11 is 1.53. The minimum Gasteiger partial charge on any atom is -0.495 e. The normalized spacial score (nSPS) is 13.1. The van der Waals surface area contributed by atoms with Crippen LogP contribution in [0.4, 0.5) is 11.4 Å². The Kier molecular flexibility index (Phi) is 6.16. The van der Waals surface area contributed by atoms with Crippen molar-refractivity contribution in [1.82, 2.24) is 9.97 Å². The summed E-state index contributed by atoms with van der Waals surface area (Å²) in [5, 5.41) is 7.82. The SMILES string of the molecule is COc1cc[nH]c1/C=C1\C(=O)Nc2ccc(NC(=O)Cc3cccs3)c(C#Cc3cccnc3)c21. The van der Waals surface area contributed by atoms with Crippen molar-refractivity contribution in [3.63, 3.8) is 0 Å². The molecule has 0 atom stereocenters. The molecule has 172 valence electrons. The zero-order valence-corrected chi connectivity index (χ0v) is 19.5. The van der Waals surface area contributed by atoms with Crippen molar-refractivity contribution < 1.29 is 14.3 Å². The van der Waals surface area contributed by atoms with Crippen LogP contribution in [0.25, 0.3) is 11.6 Å². The van der Waals surface area contributed by atoms with Crippen molar-refractivity contribution in [2.24, 2.45) is 0 Å². The minimum absolute atomic E-state index is 0.161. The fourth-order valence-electron chi connectivity index (χ4n) is 3.80. The second-order valence-electron chi connectivity index (χ2n) is 7.68. The van der Waals surface area contributed by atoms with E-state index in [9.17, 15) is 9.59 Å². The monoisotopic (exact) mass is 480 g/mol. The lowest BCUT2D eigenvalue weighted by atomic mass is 9.97. The van der Waals surface area contributed by atoms with Gasteiger partial charge in [0, 0.05) is 34.6 Å². The predicted octanol–water partition coefficient (Wildman–Crippen LogP) is 4.55. The fourth-order valence-corrected chi connectivity index (χ4v) is 4.51. The van der Waals surface area contributed by atoms with Crippen molar-refractivity contribution >= 4 is 46.2 Å². The Labute approximate surface area is 205 Å². The van der Waals surface area contributed by atoms with Gasteiger partial charge in [0.2, 0.25) is 5.91 Å². The highest BCUT2D eigenvalue weighted by Gasteiger charge is 2.29. The Morgan fingerprint density at radius 3 is 2.89 bits per heavy atom. The summed E-state index contributed by atoms with van der Waals surface area (Å²) in [6.45, 7) is 0. The second-order valence-corrected chi connectivity index (χ2v) is 8.71. The number of thiophene rings is 1. The number of benzene rings is 1. The van der Waals surface area contributed by atoms with Crippen molar-refractivity contribution in [3.05, 3.63) is 93.7 Å². The van der Waals surface area contributed by atoms with Gasteiger partial charge in [-0.3, -0.25) is 14.6 Å². The first-order valence-electron chi connectivity index (χ1n) is 10.8. The molecule has 3 N–H and O–H groups in total. The number of hydrogen-bond acceptors (Lipinski definition) is 5. The van der Waals surface area contributed by atoms with E-state index >= 15 is 0 Å². The molecule has 4 aromatic rings. The van der Waals surface area contributed by atoms with Gasteiger partial charge in [0.25, 0.3) is 5.91 Å². The molecule has 0 spiro atoms. The molecule has 0 unspecified atom stereocenters. The third kappa shape index (κ3) is 4.71. The molecule has 4 heterocycles. The summed E-state index contributed by atoms with van der Waals surface area (Å²) in [6, 6.07) is 12.8. The molecule has 0 fully saturated rings. The average Bonchev–Trinajstić information content (AvgIpc) is 3.60. The summed E-state index contributed by atoms with van der Waals surface area (Å²) in [6.07, 6.45) is 7.06. The number of pyridine rings is 1. The Morgan fingerprint density at radius 1 is 1.20 bits per heavy atom. The van der Waals surface area contributed by atoms with E-state index in [1.54, 1.807) is 56.0 Å². The van der Waals surface area contributed by atoms with Crippen LogP contribution in [0.2, 0.25) is 0 Å². The maximum absolute atomic E-state index is 13.0. The van der Waals surface area contributed by atoms with E-state index in [1.165, 1.54) is 11.3 Å². The second kappa shape index (κ2) is 9.71. The van der Waals surface area contributed by atoms with E-state index in [-0.39, 0.29) is 18.2 Å². The molecular weight excluding hydrogens is 460 g/mol. The van der Waals surface area contributed by atoms with Crippen molar-refractivity contribution in [2.75, 3.05) is 17.7 Å². The average molecular weight is 481 g/mol. The lowest BCUT2D eigenvalue weighted by molar-refractivity contribution is -0.115. The lowest BCUT2D eigenvalue weighted by Gasteiger charge is -2.11. The Bertz CT molecular complexity index is 1490. The molecule has 5 rings (SSSR count). The standard InChI is InChI=1S/C27H20N4O3S/c1-34-24-10-12-29-23(24)15-20-26-19(7-6-17-4-2-11-28-16-17)21(8-9-22(26)31-27(20)33)30-25(32)14-18-5-3-13-35-18/h2-5,8-13,15-16,29H,14H2,1H3,(H,30,32)(H,31,33)/b20-15-. The van der Waals surface area contributed by atoms with Crippen LogP contribution in [-0.2, 0) is 16.0 Å². The van der Waals surface area contributed by atoms with Crippen LogP contribution in [-0.4, -0.2) is 28.9 Å². The number of hydrogen-bond donors (Lipinski definition) is 3. The summed E-state index contributed by atoms with van der Waals surface area (Å²) in [7, 11) is 1.57. The first-order valence-corrected chi connectivity index (χ1v) is 11.7. The van der Waals surface area contributed by atoms with Gasteiger partial charge in [-0.2, -0.15) is 0 Å². The Morgan fingerprint density at radius 2 is 2.11 bits per heavy atom. The number of rotatable bonds is 5. The minimum atomic E-state index is -0.261. The number of fused-ring (bicyclic) bond motifs is 1. The molecule has 7 nitrogen and oxygen atoms in total. The molecule has 0 saturated carbocycles. The maximum Gasteiger partial charge on any atom is 0.256 e. The summed E-state index contributed by atoms with van der Waals surface area (Å²) in [5.74, 6) is 6.47. The fraction of sp³-hybridized carbons (Fsp3) is 0.0741. The molecule has 1 aliphatic rings. The number of aromatic amines is 1. The first-order chi connectivity index (χ1) is 17.1. The number of ether oxygens (including phenoxy) is 1. The molecule has 0 saturated heterocycles. The third-order valence-corrected chi connectivity index (χ3v) is 6.27. The number of amides is 2. The number of nitrogens with one attached hydrogen (secondary N) is 3. The van der Waals surface area contributed by atoms with Crippen molar-refractivity contribution in [3.8, 4) is 17.6 Å². The van der Waals surface area contributed by atoms with Crippen molar-refractivity contribution in [2.45, 2.75) is 6.42 Å². The number of H-pyrrole nitrogens is 1. The van der Waals surface area contributed by atoms with Crippen LogP contribution < -0.4 is 15.4 Å². The van der Waals surface area contributed by atoms with Gasteiger partial charge in [-0.25, -0.2) is 0 Å². The lowest BCUT2D eigenvalue weighted by Crippen LogP contribution is -2.15. The maximum atomic E-state index is 13.0. The number of anilines is 2. The van der Waals surface area contributed by atoms with Gasteiger partial charge in [-0.15, -0.1) is 11.3 Å². The van der Waals surface area contributed by atoms with Gasteiger partial charge in [0.05, 0.1) is 41.7 Å². The molecule has 8 heteroatoms. The molecule has 35 heavy (non-hydrogen) atoms. The molecule has 1 aliphatic heterocycles. The van der Waals surface area contributed by atoms with E-state index in [0.717, 1.165) is 10.4 Å². The number of carbonyl (C=O) groups excluding carboxylic acids is 2. The van der Waals surface area contributed by atoms with E-state index in [4.69, 9.17) is 4.74 Å². The quantitative estimate of drug-likeness (QED) is 0.288. The highest BCUT2D eigenvalue weighted by atomic mass is 32.1. The van der Waals surface area contributed by atoms with Crippen LogP contribution in [0, 0.1) is 11.8 Å². The van der Waals surface area contributed by atoms with E-state index in [2.05, 4.69) is 32.4 Å². The molecule has 0 bridgehead atoms. The van der Waals surface area contributed by atoms with E-state index in [0.29, 0.717) is 39.5 Å². The third-order valence-electron chi connectivity index (χ3n) is 5.40. The summed E-state index contributed by atoms with van der Waals surface area (Å²) < 4.78 is 5.38. The number of carbonyl (C=O) groups is 2. The Hall–Kier alpha value is -4.61. The van der Waals surface area contributed by atoms with Gasteiger partial charge in [0.15, 0.2) is 0 Å². The van der Waals surface area contributed by atoms with Gasteiger partial charge in [0.1, 0.15) is 5.75 Å². The van der Waals surface area contributed by atoms with Gasteiger partial charge in [-0.1, -0.05) is 17.9 Å². The van der Waals surface area contributed by atoms with Gasteiger partial charge in [-0.05, 0) is 47.9 Å². The highest BCUT2D eigenvalue weighted by molar-refractivity contribution is 7.10. The number of nitrogens with zero attached hydrogens (tertiary/aromatic N) is 1. The molecule has 1 aromatic carbocycles. The zero-order chi connectivity index (χ0) is 24.2. The summed E-state index contributed by atoms with van der Waals surface area (Å²) in [5.41, 5.74) is 4.11. The molecule has 0 aliphatic carbocycles. The van der Waals surface area contributed by atoms with Crippen LogP contribution >= 0.6 is 11.3 Å². The van der Waals surface area contributed by atoms with Gasteiger partial charge >= 0.3 is 0 Å². The predicted molar refractivity (Wildman–Crippen MR) is 137 cm³/mol. The smallest absolute Gasteiger partial charge is 0.256 e. The van der Waals surface area contributed by atoms with Crippen LogP contribution in [0.1, 0.15) is 27.3 Å². The molecule has 2 amide bonds. The van der Waals surface area contributed by atoms with Crippen LogP contribution in [0.3, 0.4) is 0 Å². The van der Waals surface area contributed by atoms with Gasteiger partial charge < -0.3 is 20.4 Å². The number of methoxy groups -OCH3 is 1.